The minimum Gasteiger partial charge on any atom is -0.394 e. The average Bonchev–Trinajstić information content (AvgIpc) is 2.45. The van der Waals surface area contributed by atoms with E-state index in [1.54, 1.807) is 30.8 Å². The number of hydrogen-bond donors (Lipinski definition) is 2. The molecule has 1 rings (SSSR count). The average molecular weight is 217 g/mol. The van der Waals surface area contributed by atoms with Crippen molar-refractivity contribution in [3.63, 3.8) is 0 Å². The van der Waals surface area contributed by atoms with Crippen LogP contribution in [0.3, 0.4) is 0 Å². The Morgan fingerprint density at radius 1 is 1.79 bits per heavy atom. The summed E-state index contributed by atoms with van der Waals surface area (Å²) in [4.78, 5) is 11.5. The maximum Gasteiger partial charge on any atom is 0.268 e. The molecule has 0 bridgehead atoms. The Balaban J connectivity index is 2.74. The van der Waals surface area contributed by atoms with Gasteiger partial charge >= 0.3 is 0 Å². The number of aliphatic hydroxyl groups excluding tert-OH is 1. The van der Waals surface area contributed by atoms with Crippen LogP contribution in [-0.4, -0.2) is 28.2 Å². The third kappa shape index (κ3) is 2.49. The largest absolute Gasteiger partial charge is 0.394 e. The van der Waals surface area contributed by atoms with Crippen LogP contribution < -0.4 is 5.32 Å². The molecule has 0 radical (unpaired) electrons. The Hall–Kier alpha value is -1.00. The summed E-state index contributed by atoms with van der Waals surface area (Å²) in [6.07, 6.45) is 1.65. The Kier molecular flexibility index (Phi) is 3.55. The summed E-state index contributed by atoms with van der Waals surface area (Å²) in [5, 5.41) is 11.9. The summed E-state index contributed by atoms with van der Waals surface area (Å²) < 4.78 is 1.64. The minimum absolute atomic E-state index is 0.0795. The predicted octanol–water partition coefficient (Wildman–Crippen LogP) is 0.789. The van der Waals surface area contributed by atoms with Gasteiger partial charge in [-0.25, -0.2) is 0 Å². The van der Waals surface area contributed by atoms with Gasteiger partial charge in [-0.15, -0.1) is 0 Å². The molecule has 1 aromatic rings. The fourth-order valence-electron chi connectivity index (χ4n) is 1.09. The molecule has 0 fully saturated rings. The fraction of sp³-hybridized carbons (Fsp3) is 0.444. The number of aliphatic hydroxyl groups is 1. The van der Waals surface area contributed by atoms with Crippen LogP contribution in [0, 0.1) is 0 Å². The first-order valence-electron chi connectivity index (χ1n) is 4.28. The van der Waals surface area contributed by atoms with Crippen molar-refractivity contribution in [2.45, 2.75) is 13.0 Å². The number of nitrogens with zero attached hydrogens (tertiary/aromatic N) is 1. The molecular weight excluding hydrogens is 204 g/mol. The van der Waals surface area contributed by atoms with Gasteiger partial charge in [0.25, 0.3) is 5.91 Å². The molecule has 0 aromatic carbocycles. The van der Waals surface area contributed by atoms with E-state index in [0.29, 0.717) is 10.7 Å². The standard InChI is InChI=1S/C9H13ClN2O2/c1-6(5-13)11-9(14)8-3-7(10)4-12(8)2/h3-4,6,13H,5H2,1-2H3,(H,11,14)/t6-/m0/s1. The van der Waals surface area contributed by atoms with Crippen molar-refractivity contribution in [2.75, 3.05) is 6.61 Å². The molecule has 78 valence electrons. The molecule has 1 heterocycles. The van der Waals surface area contributed by atoms with Crippen molar-refractivity contribution in [3.05, 3.63) is 23.0 Å². The molecule has 0 aliphatic heterocycles. The minimum atomic E-state index is -0.254. The third-order valence-electron chi connectivity index (χ3n) is 1.86. The molecule has 5 heteroatoms. The smallest absolute Gasteiger partial charge is 0.268 e. The van der Waals surface area contributed by atoms with Crippen molar-refractivity contribution < 1.29 is 9.90 Å². The summed E-state index contributed by atoms with van der Waals surface area (Å²) in [6.45, 7) is 1.65. The number of halogens is 1. The van der Waals surface area contributed by atoms with Crippen molar-refractivity contribution in [3.8, 4) is 0 Å². The van der Waals surface area contributed by atoms with Gasteiger partial charge in [0.05, 0.1) is 11.6 Å². The number of rotatable bonds is 3. The van der Waals surface area contributed by atoms with Gasteiger partial charge < -0.3 is 15.0 Å². The number of nitrogens with one attached hydrogen (secondary N) is 1. The Labute approximate surface area is 87.5 Å². The van der Waals surface area contributed by atoms with Crippen LogP contribution in [0.4, 0.5) is 0 Å². The van der Waals surface area contributed by atoms with Crippen LogP contribution >= 0.6 is 11.6 Å². The number of carbonyl (C=O) groups excluding carboxylic acids is 1. The van der Waals surface area contributed by atoms with Crippen molar-refractivity contribution in [1.82, 2.24) is 9.88 Å². The first-order valence-corrected chi connectivity index (χ1v) is 4.66. The van der Waals surface area contributed by atoms with Crippen molar-refractivity contribution in [2.24, 2.45) is 7.05 Å². The van der Waals surface area contributed by atoms with Crippen molar-refractivity contribution in [1.29, 1.82) is 0 Å². The topological polar surface area (TPSA) is 54.3 Å². The molecule has 1 amide bonds. The monoisotopic (exact) mass is 216 g/mol. The van der Waals surface area contributed by atoms with E-state index >= 15 is 0 Å². The first kappa shape index (κ1) is 11.1. The second-order valence-electron chi connectivity index (χ2n) is 3.21. The van der Waals surface area contributed by atoms with Gasteiger partial charge in [0.2, 0.25) is 0 Å². The van der Waals surface area contributed by atoms with Crippen LogP contribution in [0.25, 0.3) is 0 Å². The summed E-state index contributed by atoms with van der Waals surface area (Å²) in [5.41, 5.74) is 0.482. The highest BCUT2D eigenvalue weighted by molar-refractivity contribution is 6.31. The summed E-state index contributed by atoms with van der Waals surface area (Å²) in [6, 6.07) is 1.33. The highest BCUT2D eigenvalue weighted by Gasteiger charge is 2.12. The molecule has 0 unspecified atom stereocenters. The fourth-order valence-corrected chi connectivity index (χ4v) is 1.34. The Morgan fingerprint density at radius 3 is 2.86 bits per heavy atom. The summed E-state index contributed by atoms with van der Waals surface area (Å²) in [7, 11) is 1.74. The molecule has 0 saturated heterocycles. The first-order chi connectivity index (χ1) is 6.54. The normalized spacial score (nSPS) is 12.6. The van der Waals surface area contributed by atoms with Gasteiger partial charge in [0, 0.05) is 19.3 Å². The van der Waals surface area contributed by atoms with Crippen molar-refractivity contribution >= 4 is 17.5 Å². The van der Waals surface area contributed by atoms with E-state index in [9.17, 15) is 4.79 Å². The highest BCUT2D eigenvalue weighted by atomic mass is 35.5. The highest BCUT2D eigenvalue weighted by Crippen LogP contribution is 2.12. The summed E-state index contributed by atoms with van der Waals surface area (Å²) >= 11 is 5.73. The lowest BCUT2D eigenvalue weighted by molar-refractivity contribution is 0.0914. The van der Waals surface area contributed by atoms with Gasteiger partial charge in [0.15, 0.2) is 0 Å². The predicted molar refractivity (Wildman–Crippen MR) is 54.4 cm³/mol. The number of aryl methyl sites for hydroxylation is 1. The van der Waals surface area contributed by atoms with Crippen LogP contribution in [0.1, 0.15) is 17.4 Å². The van der Waals surface area contributed by atoms with Crippen LogP contribution in [0.2, 0.25) is 5.02 Å². The zero-order valence-corrected chi connectivity index (χ0v) is 8.88. The quantitative estimate of drug-likeness (QED) is 0.785. The van der Waals surface area contributed by atoms with Gasteiger partial charge in [-0.05, 0) is 13.0 Å². The van der Waals surface area contributed by atoms with E-state index in [2.05, 4.69) is 5.32 Å². The SMILES string of the molecule is C[C@@H](CO)NC(=O)c1cc(Cl)cn1C. The van der Waals surface area contributed by atoms with E-state index in [0.717, 1.165) is 0 Å². The molecule has 0 saturated carbocycles. The maximum absolute atomic E-state index is 11.5. The Morgan fingerprint density at radius 2 is 2.43 bits per heavy atom. The van der Waals surface area contributed by atoms with Crippen LogP contribution in [-0.2, 0) is 7.05 Å². The lowest BCUT2D eigenvalue weighted by atomic mass is 10.3. The number of hydrogen-bond acceptors (Lipinski definition) is 2. The maximum atomic E-state index is 11.5. The van der Waals surface area contributed by atoms with Crippen LogP contribution in [0.5, 0.6) is 0 Å². The molecule has 1 atom stereocenters. The third-order valence-corrected chi connectivity index (χ3v) is 2.06. The van der Waals surface area contributed by atoms with Gasteiger partial charge in [-0.2, -0.15) is 0 Å². The molecular formula is C9H13ClN2O2. The van der Waals surface area contributed by atoms with Gasteiger partial charge in [0.1, 0.15) is 5.69 Å². The van der Waals surface area contributed by atoms with E-state index < -0.39 is 0 Å². The second kappa shape index (κ2) is 4.48. The summed E-state index contributed by atoms with van der Waals surface area (Å²) in [5.74, 6) is -0.235. The molecule has 2 N–H and O–H groups in total. The number of carbonyl (C=O) groups is 1. The Bertz CT molecular complexity index is 336. The molecule has 0 aliphatic rings. The van der Waals surface area contributed by atoms with E-state index in [-0.39, 0.29) is 18.6 Å². The lowest BCUT2D eigenvalue weighted by Crippen LogP contribution is -2.35. The number of amides is 1. The molecule has 0 aliphatic carbocycles. The molecule has 14 heavy (non-hydrogen) atoms. The molecule has 4 nitrogen and oxygen atoms in total. The van der Waals surface area contributed by atoms with Gasteiger partial charge in [-0.1, -0.05) is 11.6 Å². The molecule has 1 aromatic heterocycles. The van der Waals surface area contributed by atoms with Crippen LogP contribution in [0.15, 0.2) is 12.3 Å². The molecule has 0 spiro atoms. The lowest BCUT2D eigenvalue weighted by Gasteiger charge is -2.10. The number of aromatic nitrogens is 1. The zero-order valence-electron chi connectivity index (χ0n) is 8.12. The van der Waals surface area contributed by atoms with E-state index in [1.807, 2.05) is 0 Å². The van der Waals surface area contributed by atoms with E-state index in [1.165, 1.54) is 0 Å². The van der Waals surface area contributed by atoms with E-state index in [4.69, 9.17) is 16.7 Å². The second-order valence-corrected chi connectivity index (χ2v) is 3.65. The zero-order chi connectivity index (χ0) is 10.7. The van der Waals surface area contributed by atoms with Gasteiger partial charge in [-0.3, -0.25) is 4.79 Å².